The van der Waals surface area contributed by atoms with E-state index in [2.05, 4.69) is 10.2 Å². The zero-order valence-corrected chi connectivity index (χ0v) is 17.8. The maximum Gasteiger partial charge on any atom is 0.456 e. The normalized spacial score (nSPS) is 39.1. The Balaban J connectivity index is 1.29. The summed E-state index contributed by atoms with van der Waals surface area (Å²) in [5.41, 5.74) is 5.92. The molecule has 2 aliphatic carbocycles. The van der Waals surface area contributed by atoms with Gasteiger partial charge in [-0.3, -0.25) is 4.79 Å². The molecule has 4 aliphatic rings. The molecule has 164 valence electrons. The van der Waals surface area contributed by atoms with E-state index in [-0.39, 0.29) is 23.8 Å². The monoisotopic (exact) mass is 405 g/mol. The SMILES string of the molecule is NCC1CCCC(C2CCN(C(=O)C3CCC4CCCC(B(O)O)C4N3)CC2)C1. The Hall–Kier alpha value is -0.625. The van der Waals surface area contributed by atoms with E-state index in [1.54, 1.807) is 0 Å². The standard InChI is InChI=1S/C22H40BN3O3/c24-14-15-3-1-5-18(13-15)16-9-11-26(12-10-16)22(27)20-8-7-17-4-2-6-19(23(28)29)21(17)25-20/h15-21,25,28-29H,1-14,24H2. The number of nitrogens with two attached hydrogens (primary N) is 1. The van der Waals surface area contributed by atoms with Crippen molar-refractivity contribution in [3.63, 3.8) is 0 Å². The summed E-state index contributed by atoms with van der Waals surface area (Å²) in [6.07, 6.45) is 12.4. The van der Waals surface area contributed by atoms with Gasteiger partial charge in [-0.15, -0.1) is 0 Å². The van der Waals surface area contributed by atoms with Crippen LogP contribution in [-0.4, -0.2) is 59.7 Å². The number of nitrogens with zero attached hydrogens (tertiary/aromatic N) is 1. The van der Waals surface area contributed by atoms with Gasteiger partial charge in [0.1, 0.15) is 0 Å². The second-order valence-electron chi connectivity index (χ2n) is 10.3. The van der Waals surface area contributed by atoms with E-state index in [0.717, 1.165) is 76.4 Å². The average Bonchev–Trinajstić information content (AvgIpc) is 2.77. The molecular formula is C22H40BN3O3. The first-order valence-corrected chi connectivity index (χ1v) is 12.2. The van der Waals surface area contributed by atoms with Gasteiger partial charge < -0.3 is 26.0 Å². The molecule has 0 aromatic heterocycles. The molecule has 7 heteroatoms. The molecule has 2 aliphatic heterocycles. The smallest absolute Gasteiger partial charge is 0.427 e. The molecule has 29 heavy (non-hydrogen) atoms. The lowest BCUT2D eigenvalue weighted by atomic mass is 9.58. The van der Waals surface area contributed by atoms with Gasteiger partial charge in [0.15, 0.2) is 0 Å². The van der Waals surface area contributed by atoms with Crippen LogP contribution in [0.4, 0.5) is 0 Å². The minimum absolute atomic E-state index is 0.0689. The van der Waals surface area contributed by atoms with Crippen LogP contribution in [0.2, 0.25) is 5.82 Å². The quantitative estimate of drug-likeness (QED) is 0.535. The molecule has 6 atom stereocenters. The van der Waals surface area contributed by atoms with Crippen molar-refractivity contribution < 1.29 is 14.8 Å². The van der Waals surface area contributed by atoms with E-state index in [0.29, 0.717) is 11.8 Å². The molecule has 2 saturated heterocycles. The molecule has 5 N–H and O–H groups in total. The third kappa shape index (κ3) is 4.84. The Morgan fingerprint density at radius 1 is 0.931 bits per heavy atom. The first kappa shape index (κ1) is 21.6. The molecule has 4 fully saturated rings. The minimum atomic E-state index is -1.28. The summed E-state index contributed by atoms with van der Waals surface area (Å²) >= 11 is 0. The number of fused-ring (bicyclic) bond motifs is 1. The van der Waals surface area contributed by atoms with Crippen LogP contribution in [0.25, 0.3) is 0 Å². The molecular weight excluding hydrogens is 365 g/mol. The van der Waals surface area contributed by atoms with Crippen molar-refractivity contribution >= 4 is 13.0 Å². The van der Waals surface area contributed by atoms with E-state index in [1.807, 2.05) is 0 Å². The third-order valence-corrected chi connectivity index (χ3v) is 8.66. The summed E-state index contributed by atoms with van der Waals surface area (Å²) in [4.78, 5) is 15.3. The first-order chi connectivity index (χ1) is 14.1. The van der Waals surface area contributed by atoms with Gasteiger partial charge in [0, 0.05) is 24.9 Å². The lowest BCUT2D eigenvalue weighted by Crippen LogP contribution is -2.59. The number of carbonyl (C=O) groups is 1. The summed E-state index contributed by atoms with van der Waals surface area (Å²) in [6.45, 7) is 2.59. The molecule has 0 spiro atoms. The van der Waals surface area contributed by atoms with E-state index >= 15 is 0 Å². The number of likely N-dealkylation sites (tertiary alicyclic amines) is 1. The molecule has 0 bridgehead atoms. The Bertz CT molecular complexity index is 555. The fourth-order valence-electron chi connectivity index (χ4n) is 6.92. The molecule has 6 unspecified atom stereocenters. The number of hydrogen-bond donors (Lipinski definition) is 4. The number of rotatable bonds is 4. The molecule has 1 amide bonds. The number of nitrogens with one attached hydrogen (secondary N) is 1. The second kappa shape index (κ2) is 9.67. The second-order valence-corrected chi connectivity index (χ2v) is 10.3. The fourth-order valence-corrected chi connectivity index (χ4v) is 6.92. The van der Waals surface area contributed by atoms with Crippen LogP contribution in [0.3, 0.4) is 0 Å². The Labute approximate surface area is 176 Å². The molecule has 2 saturated carbocycles. The lowest BCUT2D eigenvalue weighted by molar-refractivity contribution is -0.136. The number of amides is 1. The molecule has 0 aromatic carbocycles. The van der Waals surface area contributed by atoms with Gasteiger partial charge in [0.25, 0.3) is 0 Å². The lowest BCUT2D eigenvalue weighted by Gasteiger charge is -2.46. The van der Waals surface area contributed by atoms with Crippen LogP contribution < -0.4 is 11.1 Å². The Morgan fingerprint density at radius 3 is 2.38 bits per heavy atom. The van der Waals surface area contributed by atoms with Crippen LogP contribution in [0.5, 0.6) is 0 Å². The predicted octanol–water partition coefficient (Wildman–Crippen LogP) is 1.75. The maximum absolute atomic E-state index is 13.2. The molecule has 2 heterocycles. The third-order valence-electron chi connectivity index (χ3n) is 8.66. The van der Waals surface area contributed by atoms with Gasteiger partial charge >= 0.3 is 7.12 Å². The zero-order chi connectivity index (χ0) is 20.4. The van der Waals surface area contributed by atoms with Gasteiger partial charge in [-0.25, -0.2) is 0 Å². The first-order valence-electron chi connectivity index (χ1n) is 12.2. The molecule has 6 nitrogen and oxygen atoms in total. The molecule has 4 rings (SSSR count). The van der Waals surface area contributed by atoms with Crippen LogP contribution >= 0.6 is 0 Å². The Kier molecular flexibility index (Phi) is 7.20. The van der Waals surface area contributed by atoms with Crippen LogP contribution in [-0.2, 0) is 4.79 Å². The van der Waals surface area contributed by atoms with Gasteiger partial charge in [-0.1, -0.05) is 25.7 Å². The van der Waals surface area contributed by atoms with Crippen molar-refractivity contribution in [3.05, 3.63) is 0 Å². The molecule has 0 aromatic rings. The number of piperidine rings is 2. The molecule has 0 radical (unpaired) electrons. The Morgan fingerprint density at radius 2 is 1.66 bits per heavy atom. The van der Waals surface area contributed by atoms with Crippen LogP contribution in [0.15, 0.2) is 0 Å². The van der Waals surface area contributed by atoms with Crippen molar-refractivity contribution in [1.82, 2.24) is 10.2 Å². The zero-order valence-electron chi connectivity index (χ0n) is 17.8. The summed E-state index contributed by atoms with van der Waals surface area (Å²) in [5.74, 6) is 2.84. The highest BCUT2D eigenvalue weighted by Crippen LogP contribution is 2.41. The average molecular weight is 405 g/mol. The largest absolute Gasteiger partial charge is 0.456 e. The number of hydrogen-bond acceptors (Lipinski definition) is 5. The fraction of sp³-hybridized carbons (Fsp3) is 0.955. The van der Waals surface area contributed by atoms with E-state index in [1.165, 1.54) is 25.7 Å². The van der Waals surface area contributed by atoms with E-state index < -0.39 is 7.12 Å². The maximum atomic E-state index is 13.2. The summed E-state index contributed by atoms with van der Waals surface area (Å²) in [6, 6.07) is -0.0807. The highest BCUT2D eigenvalue weighted by Gasteiger charge is 2.44. The summed E-state index contributed by atoms with van der Waals surface area (Å²) in [7, 11) is -1.28. The van der Waals surface area contributed by atoms with Crippen LogP contribution in [0.1, 0.15) is 70.6 Å². The highest BCUT2D eigenvalue weighted by molar-refractivity contribution is 6.43. The predicted molar refractivity (Wildman–Crippen MR) is 115 cm³/mol. The van der Waals surface area contributed by atoms with Gasteiger partial charge in [0.2, 0.25) is 5.91 Å². The van der Waals surface area contributed by atoms with Crippen LogP contribution in [0, 0.1) is 23.7 Å². The van der Waals surface area contributed by atoms with Crippen molar-refractivity contribution in [2.45, 2.75) is 88.5 Å². The van der Waals surface area contributed by atoms with Gasteiger partial charge in [-0.2, -0.15) is 0 Å². The van der Waals surface area contributed by atoms with Crippen molar-refractivity contribution in [2.75, 3.05) is 19.6 Å². The number of carbonyl (C=O) groups excluding carboxylic acids is 1. The van der Waals surface area contributed by atoms with Gasteiger partial charge in [0.05, 0.1) is 6.04 Å². The minimum Gasteiger partial charge on any atom is -0.427 e. The van der Waals surface area contributed by atoms with E-state index in [9.17, 15) is 14.8 Å². The summed E-state index contributed by atoms with van der Waals surface area (Å²) < 4.78 is 0. The summed E-state index contributed by atoms with van der Waals surface area (Å²) in [5, 5.41) is 23.1. The van der Waals surface area contributed by atoms with E-state index in [4.69, 9.17) is 5.73 Å². The van der Waals surface area contributed by atoms with Crippen molar-refractivity contribution in [2.24, 2.45) is 29.4 Å². The van der Waals surface area contributed by atoms with Crippen molar-refractivity contribution in [1.29, 1.82) is 0 Å². The topological polar surface area (TPSA) is 98.8 Å². The van der Waals surface area contributed by atoms with Gasteiger partial charge in [-0.05, 0) is 75.2 Å². The highest BCUT2D eigenvalue weighted by atomic mass is 16.4. The van der Waals surface area contributed by atoms with Crippen molar-refractivity contribution in [3.8, 4) is 0 Å².